The topological polar surface area (TPSA) is 0 Å². The fourth-order valence-electron chi connectivity index (χ4n) is 0. The van der Waals surface area contributed by atoms with E-state index in [-0.39, 0.29) is 123 Å². The molecule has 0 spiro atoms. The molecule has 0 saturated heterocycles. The normalized spacial score (nSPS) is 0. The van der Waals surface area contributed by atoms with E-state index in [1.54, 1.807) is 0 Å². The van der Waals surface area contributed by atoms with Crippen molar-refractivity contribution in [3.05, 3.63) is 0 Å². The molecule has 0 rings (SSSR count). The maximum atomic E-state index is 0. The van der Waals surface area contributed by atoms with Crippen LogP contribution in [-0.2, 0) is 38.8 Å². The molecule has 0 aromatic heterocycles. The van der Waals surface area contributed by atoms with Gasteiger partial charge >= 0.3 is 60.8 Å². The van der Waals surface area contributed by atoms with Gasteiger partial charge in [0.05, 0.1) is 0 Å². The Morgan fingerprint density at radius 3 is 1.20 bits per heavy atom. The van der Waals surface area contributed by atoms with E-state index in [0.717, 1.165) is 0 Å². The summed E-state index contributed by atoms with van der Waals surface area (Å²) in [4.78, 5) is 0. The van der Waals surface area contributed by atoms with E-state index in [1.165, 1.54) is 0 Å². The summed E-state index contributed by atoms with van der Waals surface area (Å²) in [5.41, 5.74) is 0. The second kappa shape index (κ2) is 25.0. The van der Waals surface area contributed by atoms with Crippen LogP contribution in [0.2, 0.25) is 0 Å². The molecule has 0 bridgehead atoms. The summed E-state index contributed by atoms with van der Waals surface area (Å²) in [5.74, 6) is 0. The maximum absolute atomic E-state index is 0. The molecule has 0 radical (unpaired) electrons. The maximum Gasteiger partial charge on any atom is 2.00 e. The molecule has 0 atom stereocenters. The van der Waals surface area contributed by atoms with Gasteiger partial charge in [0.15, 0.2) is 17.4 Å². The number of hydrogen-bond donors (Lipinski definition) is 0. The molecule has 5 heteroatoms. The zero-order chi connectivity index (χ0) is 0. The quantitative estimate of drug-likeness (QED) is 0.419. The number of hydrogen-bond acceptors (Lipinski definition) is 0. The average molecular weight is 202 g/mol. The Balaban J connectivity index is 0. The molecule has 0 fully saturated rings. The van der Waals surface area contributed by atoms with Crippen molar-refractivity contribution >= 4 is 78.2 Å². The van der Waals surface area contributed by atoms with E-state index in [1.807, 2.05) is 0 Å². The molecule has 0 amide bonds. The van der Waals surface area contributed by atoms with Crippen molar-refractivity contribution in [2.75, 3.05) is 0 Å². The van der Waals surface area contributed by atoms with Gasteiger partial charge in [0, 0.05) is 38.8 Å². The van der Waals surface area contributed by atoms with E-state index < -0.39 is 0 Å². The van der Waals surface area contributed by atoms with Crippen LogP contribution in [0.5, 0.6) is 0 Å². The van der Waals surface area contributed by atoms with Gasteiger partial charge in [-0.25, -0.2) is 0 Å². The van der Waals surface area contributed by atoms with E-state index >= 15 is 0 Å². The molecule has 0 aromatic carbocycles. The largest absolute Gasteiger partial charge is 2.00 e. The van der Waals surface area contributed by atoms with Crippen molar-refractivity contribution in [3.63, 3.8) is 0 Å². The molecule has 0 aliphatic heterocycles. The van der Waals surface area contributed by atoms with E-state index in [4.69, 9.17) is 0 Å². The molecule has 0 unspecified atom stereocenters. The Hall–Kier alpha value is 3.79. The van der Waals surface area contributed by atoms with Crippen LogP contribution in [0.4, 0.5) is 0 Å². The van der Waals surface area contributed by atoms with Gasteiger partial charge < -0.3 is 5.71 Å². The first-order valence-electron chi connectivity index (χ1n) is 0. The Morgan fingerprint density at radius 1 is 1.20 bits per heavy atom. The van der Waals surface area contributed by atoms with E-state index in [2.05, 4.69) is 0 Å². The summed E-state index contributed by atoms with van der Waals surface area (Å²) >= 11 is 0. The van der Waals surface area contributed by atoms with Crippen molar-refractivity contribution in [2.24, 2.45) is 0 Å². The molecule has 5 heavy (non-hydrogen) atoms. The standard InChI is InChI=1S/Al.Ca.Fe.Mg.Ti.7H/q;+2;;+2;;;;;4*-1. The van der Waals surface area contributed by atoms with Crippen LogP contribution in [0.25, 0.3) is 0 Å². The van der Waals surface area contributed by atoms with Crippen LogP contribution >= 0.6 is 0 Å². The van der Waals surface area contributed by atoms with Crippen LogP contribution in [-0.4, -0.2) is 78.2 Å². The molecule has 0 aliphatic carbocycles. The van der Waals surface area contributed by atoms with Gasteiger partial charge in [0.1, 0.15) is 0 Å². The Labute approximate surface area is 120 Å². The van der Waals surface area contributed by atoms with Crippen molar-refractivity contribution in [3.8, 4) is 0 Å². The second-order valence-electron chi connectivity index (χ2n) is 0. The predicted octanol–water partition coefficient (Wildman–Crippen LogP) is -1.50. The smallest absolute Gasteiger partial charge is 1.00 e. The molecule has 0 aliphatic rings. The minimum absolute atomic E-state index is 0. The van der Waals surface area contributed by atoms with Crippen LogP contribution in [0.15, 0.2) is 0 Å². The first kappa shape index (κ1) is 37.1. The molecular formula is H7AlCaFeMgTi. The SMILES string of the molecule is [AlH3].[Ca+2].[Fe].[H-].[H-].[H-].[H-].[Mg+2].[Ti]. The van der Waals surface area contributed by atoms with Crippen LogP contribution in [0.1, 0.15) is 5.71 Å². The van der Waals surface area contributed by atoms with Crippen LogP contribution < -0.4 is 0 Å². The van der Waals surface area contributed by atoms with Crippen LogP contribution in [0.3, 0.4) is 0 Å². The average Bonchev–Trinajstić information content (AvgIpc) is 0. The summed E-state index contributed by atoms with van der Waals surface area (Å²) in [6.45, 7) is 0. The predicted molar refractivity (Wildman–Crippen MR) is 25.9 cm³/mol. The van der Waals surface area contributed by atoms with Crippen molar-refractivity contribution in [1.82, 2.24) is 0 Å². The second-order valence-corrected chi connectivity index (χ2v) is 0. The number of rotatable bonds is 0. The van der Waals surface area contributed by atoms with Gasteiger partial charge in [0.2, 0.25) is 0 Å². The summed E-state index contributed by atoms with van der Waals surface area (Å²) in [7, 11) is 0. The van der Waals surface area contributed by atoms with Gasteiger partial charge in [-0.2, -0.15) is 0 Å². The fourth-order valence-corrected chi connectivity index (χ4v) is 0. The van der Waals surface area contributed by atoms with Gasteiger partial charge in [-0.15, -0.1) is 0 Å². The van der Waals surface area contributed by atoms with Crippen molar-refractivity contribution in [1.29, 1.82) is 0 Å². The Morgan fingerprint density at radius 2 is 1.20 bits per heavy atom. The monoisotopic (exact) mass is 202 g/mol. The zero-order valence-corrected chi connectivity index (χ0v) is 8.56. The first-order chi connectivity index (χ1) is 0. The third-order valence-electron chi connectivity index (χ3n) is 0. The summed E-state index contributed by atoms with van der Waals surface area (Å²) in [5, 5.41) is 0. The Kier molecular flexibility index (Phi) is 186. The van der Waals surface area contributed by atoms with Gasteiger partial charge in [-0.1, -0.05) is 0 Å². The zero-order valence-electron chi connectivity index (χ0n) is 6.27. The molecular weight excluding hydrogens is 195 g/mol. The molecule has 0 N–H and O–H groups in total. The van der Waals surface area contributed by atoms with Crippen molar-refractivity contribution in [2.45, 2.75) is 0 Å². The fraction of sp³-hybridized carbons (Fsp3) is 0. The molecule has 0 nitrogen and oxygen atoms in total. The molecule has 26 valence electrons. The minimum Gasteiger partial charge on any atom is -1.00 e. The molecule has 0 aromatic rings. The van der Waals surface area contributed by atoms with Gasteiger partial charge in [-0.3, -0.25) is 0 Å². The summed E-state index contributed by atoms with van der Waals surface area (Å²) < 4.78 is 0. The van der Waals surface area contributed by atoms with E-state index in [0.29, 0.717) is 0 Å². The summed E-state index contributed by atoms with van der Waals surface area (Å²) in [6, 6.07) is 0. The third-order valence-corrected chi connectivity index (χ3v) is 0. The minimum atomic E-state index is 0. The van der Waals surface area contributed by atoms with Crippen molar-refractivity contribution < 1.29 is 44.5 Å². The summed E-state index contributed by atoms with van der Waals surface area (Å²) in [6.07, 6.45) is 0. The van der Waals surface area contributed by atoms with Gasteiger partial charge in [-0.05, 0) is 0 Å². The van der Waals surface area contributed by atoms with E-state index in [9.17, 15) is 0 Å². The Bertz CT molecular complexity index is 20.5. The third kappa shape index (κ3) is 18.2. The molecule has 0 heterocycles. The van der Waals surface area contributed by atoms with Gasteiger partial charge in [0.25, 0.3) is 0 Å². The van der Waals surface area contributed by atoms with Crippen LogP contribution in [0, 0.1) is 0 Å². The molecule has 0 saturated carbocycles. The first-order valence-corrected chi connectivity index (χ1v) is 0.